The molecule has 1 saturated heterocycles. The first-order valence-corrected chi connectivity index (χ1v) is 8.97. The van der Waals surface area contributed by atoms with E-state index in [1.165, 1.54) is 0 Å². The van der Waals surface area contributed by atoms with Crippen LogP contribution in [0.1, 0.15) is 43.0 Å². The third-order valence-electron chi connectivity index (χ3n) is 5.07. The van der Waals surface area contributed by atoms with Gasteiger partial charge in [-0.3, -0.25) is 9.58 Å². The minimum Gasteiger partial charge on any atom is -0.385 e. The van der Waals surface area contributed by atoms with Crippen LogP contribution in [-0.4, -0.2) is 42.4 Å². The minimum absolute atomic E-state index is 0.261. The summed E-state index contributed by atoms with van der Waals surface area (Å²) in [5, 5.41) is 15.8. The number of rotatable bonds is 5. The Hall–Kier alpha value is -1.37. The first kappa shape index (κ1) is 17.5. The Morgan fingerprint density at radius 1 is 1.33 bits per heavy atom. The van der Waals surface area contributed by atoms with Gasteiger partial charge in [-0.2, -0.15) is 5.10 Å². The molecular weight excluding hydrogens is 326 g/mol. The van der Waals surface area contributed by atoms with Gasteiger partial charge >= 0.3 is 0 Å². The summed E-state index contributed by atoms with van der Waals surface area (Å²) < 4.78 is 3.66. The molecule has 3 heterocycles. The summed E-state index contributed by atoms with van der Waals surface area (Å²) >= 11 is 6.40. The fourth-order valence-electron chi connectivity index (χ4n) is 3.56. The van der Waals surface area contributed by atoms with Gasteiger partial charge in [0.1, 0.15) is 17.1 Å². The number of hydrogen-bond donors (Lipinski definition) is 1. The molecule has 1 atom stereocenters. The predicted octanol–water partition coefficient (Wildman–Crippen LogP) is 2.32. The van der Waals surface area contributed by atoms with Crippen molar-refractivity contribution >= 4 is 11.6 Å². The van der Waals surface area contributed by atoms with Crippen molar-refractivity contribution in [1.82, 2.24) is 24.2 Å². The molecule has 132 valence electrons. The fourth-order valence-corrected chi connectivity index (χ4v) is 3.77. The summed E-state index contributed by atoms with van der Waals surface area (Å²) in [6.45, 7) is 4.86. The summed E-state index contributed by atoms with van der Waals surface area (Å²) in [6.07, 6.45) is 5.96. The van der Waals surface area contributed by atoms with Crippen LogP contribution in [0.15, 0.2) is 12.4 Å². The molecule has 24 heavy (non-hydrogen) atoms. The van der Waals surface area contributed by atoms with Crippen LogP contribution in [-0.2, 0) is 27.1 Å². The highest BCUT2D eigenvalue weighted by Crippen LogP contribution is 2.31. The molecule has 7 heteroatoms. The molecule has 0 spiro atoms. The van der Waals surface area contributed by atoms with E-state index in [1.54, 1.807) is 10.9 Å². The van der Waals surface area contributed by atoms with E-state index in [0.717, 1.165) is 61.1 Å². The van der Waals surface area contributed by atoms with E-state index in [2.05, 4.69) is 21.9 Å². The lowest BCUT2D eigenvalue weighted by molar-refractivity contribution is 0.0491. The highest BCUT2D eigenvalue weighted by atomic mass is 35.5. The van der Waals surface area contributed by atoms with Crippen LogP contribution in [0.5, 0.6) is 0 Å². The van der Waals surface area contributed by atoms with E-state index in [-0.39, 0.29) is 5.92 Å². The number of nitrogens with zero attached hydrogens (tertiary/aromatic N) is 5. The largest absolute Gasteiger partial charge is 0.385 e. The molecule has 1 aliphatic rings. The molecule has 6 nitrogen and oxygen atoms in total. The van der Waals surface area contributed by atoms with Gasteiger partial charge in [-0.1, -0.05) is 18.5 Å². The first-order valence-electron chi connectivity index (χ1n) is 8.59. The van der Waals surface area contributed by atoms with Crippen molar-refractivity contribution in [1.29, 1.82) is 0 Å². The standard InChI is InChI=1S/C17H26ClN5O/c1-4-14-13(16(18)22(3)20-14)11-23-8-5-12(6-9-23)15(24)17-19-7-10-21(17)2/h7,10,12,15,24H,4-6,8-9,11H2,1-3H3/t15-/m1/s1. The van der Waals surface area contributed by atoms with Crippen LogP contribution in [0, 0.1) is 5.92 Å². The van der Waals surface area contributed by atoms with E-state index < -0.39 is 6.10 Å². The number of imidazole rings is 1. The van der Waals surface area contributed by atoms with Gasteiger partial charge in [0.25, 0.3) is 0 Å². The summed E-state index contributed by atoms with van der Waals surface area (Å²) in [4.78, 5) is 6.69. The monoisotopic (exact) mass is 351 g/mol. The van der Waals surface area contributed by atoms with Crippen LogP contribution in [0.25, 0.3) is 0 Å². The Labute approximate surface area is 148 Å². The Kier molecular flexibility index (Phi) is 5.27. The molecule has 3 rings (SSSR count). The molecule has 0 bridgehead atoms. The molecule has 1 aliphatic heterocycles. The average molecular weight is 352 g/mol. The number of hydrogen-bond acceptors (Lipinski definition) is 4. The maximum atomic E-state index is 10.6. The zero-order chi connectivity index (χ0) is 17.3. The van der Waals surface area contributed by atoms with Crippen molar-refractivity contribution < 1.29 is 5.11 Å². The van der Waals surface area contributed by atoms with Crippen LogP contribution >= 0.6 is 11.6 Å². The van der Waals surface area contributed by atoms with Crippen molar-refractivity contribution in [2.45, 2.75) is 38.8 Å². The number of aryl methyl sites for hydroxylation is 3. The number of likely N-dealkylation sites (tertiary alicyclic amines) is 1. The molecule has 0 radical (unpaired) electrons. The second kappa shape index (κ2) is 7.25. The topological polar surface area (TPSA) is 59.1 Å². The van der Waals surface area contributed by atoms with Crippen LogP contribution in [0.3, 0.4) is 0 Å². The van der Waals surface area contributed by atoms with Crippen molar-refractivity contribution in [2.24, 2.45) is 20.0 Å². The van der Waals surface area contributed by atoms with Gasteiger partial charge in [0.15, 0.2) is 0 Å². The fraction of sp³-hybridized carbons (Fsp3) is 0.647. The Balaban J connectivity index is 1.61. The van der Waals surface area contributed by atoms with Gasteiger partial charge in [-0.15, -0.1) is 0 Å². The second-order valence-electron chi connectivity index (χ2n) is 6.65. The van der Waals surface area contributed by atoms with E-state index in [9.17, 15) is 5.11 Å². The summed E-state index contributed by atoms with van der Waals surface area (Å²) in [5.74, 6) is 1.02. The quantitative estimate of drug-likeness (QED) is 0.898. The molecule has 2 aromatic rings. The van der Waals surface area contributed by atoms with Gasteiger partial charge in [0.2, 0.25) is 0 Å². The zero-order valence-electron chi connectivity index (χ0n) is 14.6. The lowest BCUT2D eigenvalue weighted by Gasteiger charge is -2.34. The lowest BCUT2D eigenvalue weighted by Crippen LogP contribution is -2.35. The molecule has 2 aromatic heterocycles. The molecule has 0 aromatic carbocycles. The molecule has 0 amide bonds. The molecule has 0 saturated carbocycles. The van der Waals surface area contributed by atoms with E-state index in [0.29, 0.717) is 0 Å². The van der Waals surface area contributed by atoms with Crippen molar-refractivity contribution in [3.63, 3.8) is 0 Å². The van der Waals surface area contributed by atoms with E-state index in [4.69, 9.17) is 11.6 Å². The van der Waals surface area contributed by atoms with E-state index in [1.807, 2.05) is 24.9 Å². The predicted molar refractivity (Wildman–Crippen MR) is 93.8 cm³/mol. The van der Waals surface area contributed by atoms with Crippen LogP contribution < -0.4 is 0 Å². The van der Waals surface area contributed by atoms with Crippen molar-refractivity contribution in [3.8, 4) is 0 Å². The smallest absolute Gasteiger partial charge is 0.137 e. The molecule has 1 fully saturated rings. The van der Waals surface area contributed by atoms with Crippen molar-refractivity contribution in [3.05, 3.63) is 34.6 Å². The SMILES string of the molecule is CCc1nn(C)c(Cl)c1CN1CCC([C@@H](O)c2nccn2C)CC1. The van der Waals surface area contributed by atoms with Crippen LogP contribution in [0.2, 0.25) is 5.15 Å². The highest BCUT2D eigenvalue weighted by molar-refractivity contribution is 6.30. The lowest BCUT2D eigenvalue weighted by atomic mass is 9.90. The second-order valence-corrected chi connectivity index (χ2v) is 7.01. The van der Waals surface area contributed by atoms with Crippen LogP contribution in [0.4, 0.5) is 0 Å². The average Bonchev–Trinajstić information content (AvgIpc) is 3.13. The maximum absolute atomic E-state index is 10.6. The Bertz CT molecular complexity index is 687. The van der Waals surface area contributed by atoms with Gasteiger partial charge < -0.3 is 9.67 Å². The minimum atomic E-state index is -0.486. The number of aromatic nitrogens is 4. The van der Waals surface area contributed by atoms with Gasteiger partial charge in [0, 0.05) is 38.6 Å². The molecular formula is C17H26ClN5O. The highest BCUT2D eigenvalue weighted by Gasteiger charge is 2.29. The molecule has 0 aliphatic carbocycles. The Morgan fingerprint density at radius 3 is 2.62 bits per heavy atom. The van der Waals surface area contributed by atoms with Crippen molar-refractivity contribution in [2.75, 3.05) is 13.1 Å². The number of aliphatic hydroxyl groups excluding tert-OH is 1. The number of halogens is 1. The summed E-state index contributed by atoms with van der Waals surface area (Å²) in [5.41, 5.74) is 2.22. The van der Waals surface area contributed by atoms with Gasteiger partial charge in [0.05, 0.1) is 5.69 Å². The Morgan fingerprint density at radius 2 is 2.04 bits per heavy atom. The zero-order valence-corrected chi connectivity index (χ0v) is 15.4. The number of aliphatic hydroxyl groups is 1. The normalized spacial score (nSPS) is 18.2. The van der Waals surface area contributed by atoms with Gasteiger partial charge in [-0.05, 0) is 38.3 Å². The summed E-state index contributed by atoms with van der Waals surface area (Å²) in [6, 6.07) is 0. The third-order valence-corrected chi connectivity index (χ3v) is 5.54. The first-order chi connectivity index (χ1) is 11.5. The molecule has 1 N–H and O–H groups in total. The van der Waals surface area contributed by atoms with E-state index >= 15 is 0 Å². The number of piperidine rings is 1. The third kappa shape index (κ3) is 3.36. The molecule has 0 unspecified atom stereocenters. The van der Waals surface area contributed by atoms with Gasteiger partial charge in [-0.25, -0.2) is 4.98 Å². The summed E-state index contributed by atoms with van der Waals surface area (Å²) in [7, 11) is 3.82. The maximum Gasteiger partial charge on any atom is 0.137 e.